The van der Waals surface area contributed by atoms with Gasteiger partial charge in [-0.1, -0.05) is 191 Å². The first-order chi connectivity index (χ1) is 39.5. The zero-order valence-electron chi connectivity index (χ0n) is 43.2. The number of thiazole rings is 2. The van der Waals surface area contributed by atoms with E-state index in [2.05, 4.69) is 88.7 Å². The summed E-state index contributed by atoms with van der Waals surface area (Å²) < 4.78 is 45.2. The van der Waals surface area contributed by atoms with Crippen molar-refractivity contribution in [2.75, 3.05) is 12.4 Å². The fourth-order valence-electron chi connectivity index (χ4n) is 10.9. The van der Waals surface area contributed by atoms with Gasteiger partial charge in [0, 0.05) is 37.8 Å². The highest BCUT2D eigenvalue weighted by atomic mass is 35.5. The van der Waals surface area contributed by atoms with E-state index < -0.39 is 29.6 Å². The number of benzene rings is 8. The van der Waals surface area contributed by atoms with Crippen LogP contribution < -0.4 is 37.3 Å². The summed E-state index contributed by atoms with van der Waals surface area (Å²) in [6.45, 7) is 0.912. The van der Waals surface area contributed by atoms with Gasteiger partial charge in [-0.15, -0.1) is 22.7 Å². The third-order valence-electron chi connectivity index (χ3n) is 14.3. The molecule has 4 heterocycles. The largest absolute Gasteiger partial charge is 0.494 e. The number of ether oxygens (including phenoxy) is 1. The molecule has 0 aliphatic rings. The van der Waals surface area contributed by atoms with Gasteiger partial charge in [-0.3, -0.25) is 4.55 Å². The van der Waals surface area contributed by atoms with Crippen molar-refractivity contribution in [2.24, 2.45) is 0 Å². The smallest absolute Gasteiger partial charge is 0.328 e. The minimum Gasteiger partial charge on any atom is -0.494 e. The van der Waals surface area contributed by atoms with Gasteiger partial charge in [0.1, 0.15) is 39.0 Å². The lowest BCUT2D eigenvalue weighted by molar-refractivity contribution is 0.316. The molecule has 0 radical (unpaired) electrons. The third kappa shape index (κ3) is 10.4. The van der Waals surface area contributed by atoms with E-state index in [9.17, 15) is 23.5 Å². The van der Waals surface area contributed by atoms with Crippen molar-refractivity contribution in [2.45, 2.75) is 13.3 Å². The first kappa shape index (κ1) is 53.2. The van der Waals surface area contributed by atoms with Crippen LogP contribution in [0.15, 0.2) is 206 Å². The molecule has 0 amide bonds. The van der Waals surface area contributed by atoms with E-state index in [1.165, 1.54) is 22.7 Å². The van der Waals surface area contributed by atoms with Crippen LogP contribution in [0.4, 0.5) is 0 Å². The molecule has 0 aliphatic heterocycles. The molecular formula is C64H44B2Cl2N6O4S3. The standard InChI is InChI=1S/C64H44B2Cl2N6O4S3/c1-41-17-14-15-26-50(41)60-58-57(61(51(39-69)63-71-53-33-29-47(67)37-55(53)79-63)74(60)66(45-22-10-4-11-23-45)46-24-12-5-13-25-46)59(42-27-31-49(32-28-42)78-35-16-36-81(75,76)77)73(65(43-18-6-2-7-19-43)44-20-8-3-9-21-44)62(58)52(40-70)64-72-54-34-30-48(68)38-56(54)80-64/h2-15,17-34,37-38H,16,35-36H2,1H3,(H,75,76,77)/b61-51-,62-52-. The van der Waals surface area contributed by atoms with Crippen molar-refractivity contribution in [1.82, 2.24) is 18.9 Å². The minimum atomic E-state index is -4.20. The molecule has 10 nitrogen and oxygen atoms in total. The summed E-state index contributed by atoms with van der Waals surface area (Å²) in [6.07, 6.45) is 0.0707. The number of rotatable bonds is 15. The fourth-order valence-corrected chi connectivity index (χ4v) is 13.8. The summed E-state index contributed by atoms with van der Waals surface area (Å²) in [5.41, 5.74) is 9.61. The summed E-state index contributed by atoms with van der Waals surface area (Å²) >= 11 is 16.1. The highest BCUT2D eigenvalue weighted by Gasteiger charge is 2.38. The van der Waals surface area contributed by atoms with Crippen molar-refractivity contribution >= 4 is 134 Å². The number of hydrogen-bond donors (Lipinski definition) is 1. The summed E-state index contributed by atoms with van der Waals surface area (Å²) in [5, 5.41) is 29.0. The summed E-state index contributed by atoms with van der Waals surface area (Å²) in [4.78, 5) is 10.5. The first-order valence-corrected chi connectivity index (χ1v) is 29.9. The van der Waals surface area contributed by atoms with Crippen LogP contribution in [0.3, 0.4) is 0 Å². The summed E-state index contributed by atoms with van der Waals surface area (Å²) in [6, 6.07) is 73.3. The molecule has 0 fully saturated rings. The molecule has 0 spiro atoms. The highest BCUT2D eigenvalue weighted by molar-refractivity contribution is 7.85. The Kier molecular flexibility index (Phi) is 14.8. The van der Waals surface area contributed by atoms with Gasteiger partial charge in [0.25, 0.3) is 10.1 Å². The number of aryl methyl sites for hydroxylation is 1. The van der Waals surface area contributed by atoms with Crippen LogP contribution >= 0.6 is 45.9 Å². The Hall–Kier alpha value is -8.50. The topological polar surface area (TPSA) is 147 Å². The van der Waals surface area contributed by atoms with E-state index in [0.29, 0.717) is 80.7 Å². The Balaban J connectivity index is 1.39. The average Bonchev–Trinajstić information content (AvgIpc) is 2.17. The molecule has 0 atom stereocenters. The molecule has 392 valence electrons. The molecule has 0 saturated heterocycles. The van der Waals surface area contributed by atoms with E-state index in [-0.39, 0.29) is 13.0 Å². The second kappa shape index (κ2) is 22.6. The van der Waals surface area contributed by atoms with Gasteiger partial charge < -0.3 is 13.7 Å². The molecule has 0 unspecified atom stereocenters. The number of halogens is 2. The average molecular weight is 1150 g/mol. The van der Waals surface area contributed by atoms with Crippen molar-refractivity contribution in [3.63, 3.8) is 0 Å². The van der Waals surface area contributed by atoms with Crippen LogP contribution in [-0.4, -0.2) is 57.9 Å². The molecule has 8 aromatic carbocycles. The fraction of sp³-hybridized carbons (Fsp3) is 0.0625. The molecule has 4 aromatic heterocycles. The van der Waals surface area contributed by atoms with Crippen molar-refractivity contribution < 1.29 is 17.7 Å². The van der Waals surface area contributed by atoms with Crippen LogP contribution in [0.25, 0.3) is 64.9 Å². The zero-order valence-corrected chi connectivity index (χ0v) is 47.2. The normalized spacial score (nSPS) is 12.3. The molecule has 81 heavy (non-hydrogen) atoms. The van der Waals surface area contributed by atoms with Crippen molar-refractivity contribution in [3.05, 3.63) is 243 Å². The van der Waals surface area contributed by atoms with Crippen LogP contribution in [-0.2, 0) is 10.1 Å². The Bertz CT molecular complexity index is 4520. The number of aromatic nitrogens is 4. The van der Waals surface area contributed by atoms with Gasteiger partial charge in [0.2, 0.25) is 0 Å². The Morgan fingerprint density at radius 1 is 0.580 bits per heavy atom. The maximum absolute atomic E-state index is 12.3. The molecule has 1 N–H and O–H groups in total. The van der Waals surface area contributed by atoms with Gasteiger partial charge in [0.15, 0.2) is 0 Å². The highest BCUT2D eigenvalue weighted by Crippen LogP contribution is 2.39. The number of nitrogens with zero attached hydrogens (tertiary/aromatic N) is 6. The maximum atomic E-state index is 12.3. The van der Waals surface area contributed by atoms with Crippen LogP contribution in [0.1, 0.15) is 22.0 Å². The van der Waals surface area contributed by atoms with Crippen LogP contribution in [0.2, 0.25) is 10.0 Å². The molecule has 12 rings (SSSR count). The number of nitriles is 2. The first-order valence-electron chi connectivity index (χ1n) is 25.9. The number of fused-ring (bicyclic) bond motifs is 3. The maximum Gasteiger partial charge on any atom is 0.328 e. The predicted octanol–water partition coefficient (Wildman–Crippen LogP) is 11.0. The van der Waals surface area contributed by atoms with Crippen molar-refractivity contribution in [3.8, 4) is 40.4 Å². The number of hydrogen-bond acceptors (Lipinski definition) is 9. The van der Waals surface area contributed by atoms with E-state index in [1.54, 1.807) is 12.1 Å². The van der Waals surface area contributed by atoms with Crippen LogP contribution in [0, 0.1) is 29.6 Å². The summed E-state index contributed by atoms with van der Waals surface area (Å²) in [5.74, 6) is 0.0156. The Morgan fingerprint density at radius 2 is 1.00 bits per heavy atom. The summed E-state index contributed by atoms with van der Waals surface area (Å²) in [7, 11) is -4.20. The van der Waals surface area contributed by atoms with Crippen LogP contribution in [0.5, 0.6) is 5.75 Å². The third-order valence-corrected chi connectivity index (χ3v) is 17.7. The molecule has 0 bridgehead atoms. The van der Waals surface area contributed by atoms with Gasteiger partial charge >= 0.3 is 13.7 Å². The molecular weight excluding hydrogens is 1110 g/mol. The van der Waals surface area contributed by atoms with E-state index in [1.807, 2.05) is 133 Å². The molecule has 12 aromatic rings. The van der Waals surface area contributed by atoms with E-state index in [4.69, 9.17) is 37.9 Å². The Labute approximate surface area is 486 Å². The van der Waals surface area contributed by atoms with Gasteiger partial charge in [-0.25, -0.2) is 9.97 Å². The SMILES string of the molecule is Cc1ccccc1-c1c2/c(=C(\C#N)c3nc4ccc(Cl)cc4s3)n(B(c3ccccc3)c3ccccc3)c(-c3ccc(OCCCS(=O)(=O)O)cc3)c2/c(=C(\C#N)c2nc3ccc(Cl)cc3s2)n1B(c1ccccc1)c1ccccc1. The van der Waals surface area contributed by atoms with E-state index in [0.717, 1.165) is 48.1 Å². The minimum absolute atomic E-state index is 0.0306. The Morgan fingerprint density at radius 3 is 1.43 bits per heavy atom. The molecule has 0 saturated carbocycles. The zero-order chi connectivity index (χ0) is 55.8. The quantitative estimate of drug-likeness (QED) is 0.0606. The molecule has 0 aliphatic carbocycles. The van der Waals surface area contributed by atoms with Crippen molar-refractivity contribution in [1.29, 1.82) is 10.5 Å². The molecule has 17 heteroatoms. The van der Waals surface area contributed by atoms with Gasteiger partial charge in [0.05, 0.1) is 43.5 Å². The van der Waals surface area contributed by atoms with E-state index >= 15 is 0 Å². The lowest BCUT2D eigenvalue weighted by Crippen LogP contribution is -2.54. The second-order valence-corrected chi connectivity index (χ2v) is 23.9. The van der Waals surface area contributed by atoms with Gasteiger partial charge in [-0.2, -0.15) is 18.9 Å². The lowest BCUT2D eigenvalue weighted by atomic mass is 9.50. The second-order valence-electron chi connectivity index (χ2n) is 19.4. The predicted molar refractivity (Wildman–Crippen MR) is 333 cm³/mol. The monoisotopic (exact) mass is 1150 g/mol. The lowest BCUT2D eigenvalue weighted by Gasteiger charge is -2.24. The van der Waals surface area contributed by atoms with Gasteiger partial charge in [-0.05, 0) is 85.1 Å².